The van der Waals surface area contributed by atoms with Crippen molar-refractivity contribution in [2.24, 2.45) is 0 Å². The highest BCUT2D eigenvalue weighted by Crippen LogP contribution is 2.13. The van der Waals surface area contributed by atoms with E-state index < -0.39 is 0 Å². The van der Waals surface area contributed by atoms with Crippen LogP contribution in [0, 0.1) is 0 Å². The lowest BCUT2D eigenvalue weighted by molar-refractivity contribution is -0.116. The first kappa shape index (κ1) is 12.6. The summed E-state index contributed by atoms with van der Waals surface area (Å²) < 4.78 is 1.94. The first-order valence-corrected chi connectivity index (χ1v) is 6.97. The van der Waals surface area contributed by atoms with E-state index in [1.165, 1.54) is 6.08 Å². The summed E-state index contributed by atoms with van der Waals surface area (Å²) in [5.41, 5.74) is 1.72. The maximum atomic E-state index is 11.7. The van der Waals surface area contributed by atoms with Gasteiger partial charge in [0.2, 0.25) is 5.91 Å². The summed E-state index contributed by atoms with van der Waals surface area (Å²) in [5.74, 6) is -0.152. The van der Waals surface area contributed by atoms with Crippen LogP contribution >= 0.6 is 11.3 Å². The zero-order valence-corrected chi connectivity index (χ0v) is 11.4. The molecular formula is C14H12N4OS. The predicted molar refractivity (Wildman–Crippen MR) is 78.2 cm³/mol. The number of carbonyl (C=O) groups excluding carboxylic acids is 1. The third-order valence-corrected chi connectivity index (χ3v) is 3.52. The van der Waals surface area contributed by atoms with Crippen LogP contribution < -0.4 is 5.32 Å². The molecule has 0 atom stereocenters. The maximum absolute atomic E-state index is 11.7. The highest BCUT2D eigenvalue weighted by molar-refractivity contribution is 7.15. The highest BCUT2D eigenvalue weighted by Gasteiger charge is 2.01. The third kappa shape index (κ3) is 2.75. The molecule has 0 bridgehead atoms. The molecule has 0 radical (unpaired) electrons. The Balaban J connectivity index is 1.61. The molecule has 1 amide bonds. The van der Waals surface area contributed by atoms with Crippen LogP contribution in [0.25, 0.3) is 11.0 Å². The lowest BCUT2D eigenvalue weighted by Gasteiger charge is -2.00. The number of pyridine rings is 1. The van der Waals surface area contributed by atoms with E-state index in [0.717, 1.165) is 16.3 Å². The Bertz CT molecular complexity index is 745. The summed E-state index contributed by atoms with van der Waals surface area (Å²) in [6.45, 7) is 0.421. The van der Waals surface area contributed by atoms with Crippen LogP contribution in [-0.2, 0) is 11.3 Å². The average molecular weight is 284 g/mol. The van der Waals surface area contributed by atoms with Crippen molar-refractivity contribution in [2.45, 2.75) is 6.54 Å². The van der Waals surface area contributed by atoms with E-state index in [9.17, 15) is 4.79 Å². The number of aromatic nitrogens is 3. The normalized spacial score (nSPS) is 11.2. The van der Waals surface area contributed by atoms with Crippen LogP contribution in [0.2, 0.25) is 0 Å². The van der Waals surface area contributed by atoms with Gasteiger partial charge in [-0.25, -0.2) is 4.98 Å². The molecule has 100 valence electrons. The molecular weight excluding hydrogens is 272 g/mol. The van der Waals surface area contributed by atoms with Gasteiger partial charge in [-0.3, -0.25) is 14.2 Å². The fourth-order valence-electron chi connectivity index (χ4n) is 1.77. The van der Waals surface area contributed by atoms with E-state index in [1.54, 1.807) is 29.8 Å². The van der Waals surface area contributed by atoms with Gasteiger partial charge in [-0.2, -0.15) is 0 Å². The molecule has 5 nitrogen and oxygen atoms in total. The van der Waals surface area contributed by atoms with Crippen LogP contribution in [0.1, 0.15) is 11.4 Å². The Kier molecular flexibility index (Phi) is 3.56. The number of imidazole rings is 1. The van der Waals surface area contributed by atoms with Gasteiger partial charge in [0, 0.05) is 23.8 Å². The SMILES string of the molecule is O=C(/C=C/c1cnc2sccn12)NCc1ccccn1. The number of rotatable bonds is 4. The molecule has 0 saturated heterocycles. The Morgan fingerprint density at radius 3 is 3.20 bits per heavy atom. The number of nitrogens with one attached hydrogen (secondary N) is 1. The number of carbonyl (C=O) groups is 1. The summed E-state index contributed by atoms with van der Waals surface area (Å²) in [6, 6.07) is 5.61. The Hall–Kier alpha value is -2.47. The molecule has 3 aromatic heterocycles. The standard InChI is InChI=1S/C14H12N4OS/c19-13(16-9-11-3-1-2-6-15-11)5-4-12-10-17-14-18(12)7-8-20-14/h1-8,10H,9H2,(H,16,19)/b5-4+. The highest BCUT2D eigenvalue weighted by atomic mass is 32.1. The smallest absolute Gasteiger partial charge is 0.244 e. The summed E-state index contributed by atoms with van der Waals surface area (Å²) in [7, 11) is 0. The quantitative estimate of drug-likeness (QED) is 0.747. The van der Waals surface area contributed by atoms with Gasteiger partial charge in [0.1, 0.15) is 0 Å². The summed E-state index contributed by atoms with van der Waals surface area (Å²) in [4.78, 5) is 21.0. The zero-order valence-electron chi connectivity index (χ0n) is 10.6. The Morgan fingerprint density at radius 1 is 1.40 bits per heavy atom. The van der Waals surface area contributed by atoms with Crippen LogP contribution in [0.15, 0.2) is 48.2 Å². The molecule has 6 heteroatoms. The van der Waals surface area contributed by atoms with Gasteiger partial charge in [-0.05, 0) is 18.2 Å². The van der Waals surface area contributed by atoms with Crippen LogP contribution in [0.4, 0.5) is 0 Å². The number of hydrogen-bond donors (Lipinski definition) is 1. The second-order valence-corrected chi connectivity index (χ2v) is 4.98. The van der Waals surface area contributed by atoms with E-state index in [0.29, 0.717) is 6.54 Å². The molecule has 0 spiro atoms. The molecule has 0 aromatic carbocycles. The number of hydrogen-bond acceptors (Lipinski definition) is 4. The molecule has 0 aliphatic heterocycles. The maximum Gasteiger partial charge on any atom is 0.244 e. The van der Waals surface area contributed by atoms with Gasteiger partial charge in [0.05, 0.1) is 24.1 Å². The first-order valence-electron chi connectivity index (χ1n) is 6.09. The van der Waals surface area contributed by atoms with E-state index >= 15 is 0 Å². The minimum absolute atomic E-state index is 0.152. The predicted octanol–water partition coefficient (Wildman–Crippen LogP) is 2.12. The van der Waals surface area contributed by atoms with Crippen molar-refractivity contribution in [1.82, 2.24) is 19.7 Å². The number of fused-ring (bicyclic) bond motifs is 1. The summed E-state index contributed by atoms with van der Waals surface area (Å²) in [6.07, 6.45) is 8.63. The topological polar surface area (TPSA) is 59.3 Å². The molecule has 20 heavy (non-hydrogen) atoms. The molecule has 0 saturated carbocycles. The van der Waals surface area contributed by atoms with Crippen LogP contribution in [0.3, 0.4) is 0 Å². The van der Waals surface area contributed by atoms with Gasteiger partial charge < -0.3 is 5.32 Å². The summed E-state index contributed by atoms with van der Waals surface area (Å²) >= 11 is 1.56. The second kappa shape index (κ2) is 5.66. The van der Waals surface area contributed by atoms with E-state index in [4.69, 9.17) is 0 Å². The number of amides is 1. The Morgan fingerprint density at radius 2 is 2.35 bits per heavy atom. The minimum atomic E-state index is -0.152. The van der Waals surface area contributed by atoms with Crippen molar-refractivity contribution in [3.63, 3.8) is 0 Å². The molecule has 0 aliphatic carbocycles. The van der Waals surface area contributed by atoms with Crippen molar-refractivity contribution in [1.29, 1.82) is 0 Å². The minimum Gasteiger partial charge on any atom is -0.347 e. The second-order valence-electron chi connectivity index (χ2n) is 4.11. The molecule has 3 heterocycles. The van der Waals surface area contributed by atoms with Crippen LogP contribution in [0.5, 0.6) is 0 Å². The molecule has 1 N–H and O–H groups in total. The zero-order chi connectivity index (χ0) is 13.8. The number of thiazole rings is 1. The molecule has 3 rings (SSSR count). The molecule has 0 aliphatic rings. The van der Waals surface area contributed by atoms with Crippen molar-refractivity contribution in [2.75, 3.05) is 0 Å². The van der Waals surface area contributed by atoms with Crippen molar-refractivity contribution >= 4 is 28.3 Å². The van der Waals surface area contributed by atoms with Gasteiger partial charge >= 0.3 is 0 Å². The van der Waals surface area contributed by atoms with Gasteiger partial charge in [0.15, 0.2) is 4.96 Å². The number of nitrogens with zero attached hydrogens (tertiary/aromatic N) is 3. The van der Waals surface area contributed by atoms with Gasteiger partial charge in [-0.15, -0.1) is 11.3 Å². The van der Waals surface area contributed by atoms with Crippen molar-refractivity contribution in [3.8, 4) is 0 Å². The molecule has 0 unspecified atom stereocenters. The van der Waals surface area contributed by atoms with Crippen LogP contribution in [-0.4, -0.2) is 20.3 Å². The lowest BCUT2D eigenvalue weighted by Crippen LogP contribution is -2.20. The van der Waals surface area contributed by atoms with Crippen molar-refractivity contribution in [3.05, 3.63) is 59.6 Å². The van der Waals surface area contributed by atoms with E-state index in [1.807, 2.05) is 34.2 Å². The fourth-order valence-corrected chi connectivity index (χ4v) is 2.47. The average Bonchev–Trinajstić information content (AvgIpc) is 3.07. The third-order valence-electron chi connectivity index (χ3n) is 2.75. The van der Waals surface area contributed by atoms with E-state index in [2.05, 4.69) is 15.3 Å². The molecule has 0 fully saturated rings. The van der Waals surface area contributed by atoms with E-state index in [-0.39, 0.29) is 5.91 Å². The summed E-state index contributed by atoms with van der Waals surface area (Å²) in [5, 5.41) is 4.75. The lowest BCUT2D eigenvalue weighted by atomic mass is 10.3. The van der Waals surface area contributed by atoms with Gasteiger partial charge in [-0.1, -0.05) is 6.07 Å². The largest absolute Gasteiger partial charge is 0.347 e. The molecule has 3 aromatic rings. The van der Waals surface area contributed by atoms with Crippen molar-refractivity contribution < 1.29 is 4.79 Å². The monoisotopic (exact) mass is 284 g/mol. The Labute approximate surface area is 119 Å². The first-order chi connectivity index (χ1) is 9.83. The fraction of sp³-hybridized carbons (Fsp3) is 0.0714. The van der Waals surface area contributed by atoms with Gasteiger partial charge in [0.25, 0.3) is 0 Å².